The molecule has 0 aliphatic heterocycles. The number of hydrogen-bond acceptors (Lipinski definition) is 3. The highest BCUT2D eigenvalue weighted by Gasteiger charge is 2.17. The summed E-state index contributed by atoms with van der Waals surface area (Å²) in [6, 6.07) is 0. The summed E-state index contributed by atoms with van der Waals surface area (Å²) in [4.78, 5) is 0. The summed E-state index contributed by atoms with van der Waals surface area (Å²) in [6.45, 7) is 6.90. The van der Waals surface area contributed by atoms with E-state index in [4.69, 9.17) is 4.74 Å². The monoisotopic (exact) mass is 276 g/mol. The summed E-state index contributed by atoms with van der Waals surface area (Å²) < 4.78 is 7.96. The van der Waals surface area contributed by atoms with Crippen LogP contribution < -0.4 is 0 Å². The zero-order chi connectivity index (χ0) is 11.4. The molecule has 0 aliphatic carbocycles. The number of aromatic nitrogens is 2. The number of aliphatic hydroxyl groups is 1. The van der Waals surface area contributed by atoms with E-state index in [1.165, 1.54) is 0 Å². The first-order chi connectivity index (χ1) is 7.06. The van der Waals surface area contributed by atoms with Crippen molar-refractivity contribution >= 4 is 15.9 Å². The molecule has 0 aromatic carbocycles. The lowest BCUT2D eigenvalue weighted by atomic mass is 10.2. The average Bonchev–Trinajstić information content (AvgIpc) is 2.56. The van der Waals surface area contributed by atoms with Gasteiger partial charge in [0.1, 0.15) is 6.10 Å². The highest BCUT2D eigenvalue weighted by Crippen LogP contribution is 2.23. The maximum atomic E-state index is 9.94. The van der Waals surface area contributed by atoms with E-state index in [0.717, 1.165) is 16.7 Å². The molecule has 0 aliphatic rings. The molecule has 15 heavy (non-hydrogen) atoms. The summed E-state index contributed by atoms with van der Waals surface area (Å²) in [5, 5.41) is 14.1. The minimum absolute atomic E-state index is 0.122. The Morgan fingerprint density at radius 1 is 1.60 bits per heavy atom. The van der Waals surface area contributed by atoms with Crippen molar-refractivity contribution in [2.45, 2.75) is 39.5 Å². The Kier molecular flexibility index (Phi) is 4.76. The van der Waals surface area contributed by atoms with Crippen molar-refractivity contribution < 1.29 is 9.84 Å². The molecule has 0 saturated carbocycles. The number of aryl methyl sites for hydroxylation is 1. The Morgan fingerprint density at radius 3 is 2.80 bits per heavy atom. The summed E-state index contributed by atoms with van der Waals surface area (Å²) >= 11 is 3.37. The molecule has 1 aromatic rings. The first-order valence-electron chi connectivity index (χ1n) is 5.07. The van der Waals surface area contributed by atoms with Gasteiger partial charge in [-0.05, 0) is 36.7 Å². The molecule has 4 nitrogen and oxygen atoms in total. The predicted octanol–water partition coefficient (Wildman–Crippen LogP) is 2.12. The van der Waals surface area contributed by atoms with Gasteiger partial charge >= 0.3 is 0 Å². The van der Waals surface area contributed by atoms with E-state index >= 15 is 0 Å². The smallest absolute Gasteiger partial charge is 0.120 e. The fourth-order valence-electron chi connectivity index (χ4n) is 1.32. The topological polar surface area (TPSA) is 47.3 Å². The van der Waals surface area contributed by atoms with Crippen LogP contribution in [0.3, 0.4) is 0 Å². The van der Waals surface area contributed by atoms with Crippen molar-refractivity contribution in [1.29, 1.82) is 0 Å². The Hall–Kier alpha value is -0.390. The third-order valence-corrected chi connectivity index (χ3v) is 2.65. The van der Waals surface area contributed by atoms with E-state index in [0.29, 0.717) is 6.61 Å². The van der Waals surface area contributed by atoms with E-state index in [-0.39, 0.29) is 6.10 Å². The molecule has 0 bridgehead atoms. The standard InChI is InChI=1S/C10H17BrN2O2/c1-4-13-10(8(11)5-12-13)9(14)6-15-7(2)3/h5,7,9,14H,4,6H2,1-3H3. The zero-order valence-corrected chi connectivity index (χ0v) is 10.9. The quantitative estimate of drug-likeness (QED) is 0.896. The van der Waals surface area contributed by atoms with Crippen molar-refractivity contribution in [1.82, 2.24) is 9.78 Å². The summed E-state index contributed by atoms with van der Waals surface area (Å²) in [5.74, 6) is 0. The van der Waals surface area contributed by atoms with E-state index in [1.807, 2.05) is 20.8 Å². The molecule has 0 radical (unpaired) electrons. The van der Waals surface area contributed by atoms with E-state index in [2.05, 4.69) is 21.0 Å². The second-order valence-electron chi connectivity index (χ2n) is 3.59. The van der Waals surface area contributed by atoms with Gasteiger partial charge in [0.25, 0.3) is 0 Å². The third-order valence-electron chi connectivity index (χ3n) is 2.04. The van der Waals surface area contributed by atoms with Crippen LogP contribution in [0.1, 0.15) is 32.6 Å². The summed E-state index contributed by atoms with van der Waals surface area (Å²) in [7, 11) is 0. The number of halogens is 1. The average molecular weight is 277 g/mol. The molecule has 1 atom stereocenters. The maximum absolute atomic E-state index is 9.94. The molecule has 5 heteroatoms. The Balaban J connectivity index is 2.71. The maximum Gasteiger partial charge on any atom is 0.120 e. The number of nitrogens with zero attached hydrogens (tertiary/aromatic N) is 2. The fourth-order valence-corrected chi connectivity index (χ4v) is 1.88. The van der Waals surface area contributed by atoms with Crippen molar-refractivity contribution in [3.8, 4) is 0 Å². The number of ether oxygens (including phenoxy) is 1. The van der Waals surface area contributed by atoms with Gasteiger partial charge in [0.15, 0.2) is 0 Å². The number of rotatable bonds is 5. The van der Waals surface area contributed by atoms with Gasteiger partial charge in [-0.3, -0.25) is 4.68 Å². The first-order valence-corrected chi connectivity index (χ1v) is 5.86. The van der Waals surface area contributed by atoms with Crippen molar-refractivity contribution in [3.63, 3.8) is 0 Å². The minimum atomic E-state index is -0.635. The Labute approximate surface area is 98.4 Å². The van der Waals surface area contributed by atoms with Crippen LogP contribution in [0.4, 0.5) is 0 Å². The molecule has 1 aromatic heterocycles. The second-order valence-corrected chi connectivity index (χ2v) is 4.45. The Morgan fingerprint density at radius 2 is 2.27 bits per heavy atom. The predicted molar refractivity (Wildman–Crippen MR) is 61.6 cm³/mol. The molecule has 1 rings (SSSR count). The van der Waals surface area contributed by atoms with Gasteiger partial charge in [-0.1, -0.05) is 0 Å². The van der Waals surface area contributed by atoms with Gasteiger partial charge < -0.3 is 9.84 Å². The largest absolute Gasteiger partial charge is 0.384 e. The molecule has 0 fully saturated rings. The van der Waals surface area contributed by atoms with Crippen LogP contribution in [0.5, 0.6) is 0 Å². The summed E-state index contributed by atoms with van der Waals surface area (Å²) in [6.07, 6.45) is 1.18. The van der Waals surface area contributed by atoms with Crippen LogP contribution in [-0.2, 0) is 11.3 Å². The zero-order valence-electron chi connectivity index (χ0n) is 9.27. The van der Waals surface area contributed by atoms with Gasteiger partial charge in [-0.2, -0.15) is 5.10 Å². The SMILES string of the molecule is CCn1ncc(Br)c1C(O)COC(C)C. The highest BCUT2D eigenvalue weighted by molar-refractivity contribution is 9.10. The van der Waals surface area contributed by atoms with Gasteiger partial charge in [-0.25, -0.2) is 0 Å². The lowest BCUT2D eigenvalue weighted by Gasteiger charge is -2.15. The van der Waals surface area contributed by atoms with E-state index in [1.54, 1.807) is 10.9 Å². The van der Waals surface area contributed by atoms with Crippen LogP contribution in [-0.4, -0.2) is 27.6 Å². The molecule has 1 N–H and O–H groups in total. The molecule has 86 valence electrons. The van der Waals surface area contributed by atoms with E-state index in [9.17, 15) is 5.11 Å². The van der Waals surface area contributed by atoms with Crippen LogP contribution in [0.15, 0.2) is 10.7 Å². The van der Waals surface area contributed by atoms with Crippen LogP contribution >= 0.6 is 15.9 Å². The fraction of sp³-hybridized carbons (Fsp3) is 0.700. The van der Waals surface area contributed by atoms with Gasteiger partial charge in [0.2, 0.25) is 0 Å². The van der Waals surface area contributed by atoms with Gasteiger partial charge in [0, 0.05) is 6.54 Å². The second kappa shape index (κ2) is 5.63. The normalized spacial score (nSPS) is 13.5. The summed E-state index contributed by atoms with van der Waals surface area (Å²) in [5.41, 5.74) is 0.776. The number of hydrogen-bond donors (Lipinski definition) is 1. The lowest BCUT2D eigenvalue weighted by Crippen LogP contribution is -2.16. The van der Waals surface area contributed by atoms with Crippen molar-refractivity contribution in [2.24, 2.45) is 0 Å². The van der Waals surface area contributed by atoms with Gasteiger partial charge in [-0.15, -0.1) is 0 Å². The molecule has 1 unspecified atom stereocenters. The molecular formula is C10H17BrN2O2. The van der Waals surface area contributed by atoms with Crippen molar-refractivity contribution in [2.75, 3.05) is 6.61 Å². The highest BCUT2D eigenvalue weighted by atomic mass is 79.9. The minimum Gasteiger partial charge on any atom is -0.384 e. The van der Waals surface area contributed by atoms with Crippen LogP contribution in [0.25, 0.3) is 0 Å². The first kappa shape index (κ1) is 12.7. The molecule has 1 heterocycles. The van der Waals surface area contributed by atoms with Crippen LogP contribution in [0, 0.1) is 0 Å². The lowest BCUT2D eigenvalue weighted by molar-refractivity contribution is 0.00124. The number of aliphatic hydroxyl groups excluding tert-OH is 1. The molecule has 0 amide bonds. The molecule has 0 spiro atoms. The molecule has 0 saturated heterocycles. The Bertz CT molecular complexity index is 312. The van der Waals surface area contributed by atoms with E-state index < -0.39 is 6.10 Å². The third kappa shape index (κ3) is 3.29. The van der Waals surface area contributed by atoms with Crippen molar-refractivity contribution in [3.05, 3.63) is 16.4 Å². The molecular weight excluding hydrogens is 260 g/mol. The van der Waals surface area contributed by atoms with Crippen LogP contribution in [0.2, 0.25) is 0 Å². The van der Waals surface area contributed by atoms with Gasteiger partial charge in [0.05, 0.1) is 29.1 Å².